The van der Waals surface area contributed by atoms with Crippen molar-refractivity contribution in [3.63, 3.8) is 0 Å². The first-order valence-electron chi connectivity index (χ1n) is 10.1. The first-order chi connectivity index (χ1) is 15.2. The molecule has 182 valence electrons. The number of anilines is 1. The van der Waals surface area contributed by atoms with Gasteiger partial charge in [0.25, 0.3) is 0 Å². The molecule has 33 heavy (non-hydrogen) atoms. The Bertz CT molecular complexity index is 829. The third-order valence-corrected chi connectivity index (χ3v) is 3.86. The van der Waals surface area contributed by atoms with Crippen LogP contribution in [0.3, 0.4) is 0 Å². The van der Waals surface area contributed by atoms with Gasteiger partial charge in [-0.05, 0) is 62.2 Å². The van der Waals surface area contributed by atoms with Crippen LogP contribution in [-0.4, -0.2) is 46.9 Å². The van der Waals surface area contributed by atoms with E-state index in [-0.39, 0.29) is 12.1 Å². The molecule has 0 heterocycles. The summed E-state index contributed by atoms with van der Waals surface area (Å²) < 4.78 is 0. The number of aliphatic carboxylic acids is 1. The van der Waals surface area contributed by atoms with Gasteiger partial charge in [-0.3, -0.25) is 14.4 Å². The average molecular weight is 463 g/mol. The van der Waals surface area contributed by atoms with E-state index in [1.807, 2.05) is 6.92 Å². The Morgan fingerprint density at radius 2 is 1.61 bits per heavy atom. The zero-order valence-corrected chi connectivity index (χ0v) is 18.8. The fraction of sp³-hybridized carbons (Fsp3) is 0.304. The number of aldehydes is 1. The van der Waals surface area contributed by atoms with Crippen molar-refractivity contribution in [3.05, 3.63) is 65.7 Å². The molecule has 2 aromatic carbocycles. The summed E-state index contributed by atoms with van der Waals surface area (Å²) in [4.78, 5) is 41.8. The van der Waals surface area contributed by atoms with Crippen molar-refractivity contribution in [3.8, 4) is 0 Å². The molecule has 0 unspecified atom stereocenters. The number of nitrogens with two attached hydrogens (primary N) is 2. The maximum atomic E-state index is 11.2. The molecule has 0 spiro atoms. The van der Waals surface area contributed by atoms with Gasteiger partial charge in [0.05, 0.1) is 5.56 Å². The summed E-state index contributed by atoms with van der Waals surface area (Å²) in [6, 6.07) is 14.3. The molecule has 1 atom stereocenters. The minimum atomic E-state index is -0.955. The highest BCUT2D eigenvalue weighted by Gasteiger charge is 2.08. The first kappa shape index (κ1) is 31.6. The van der Waals surface area contributed by atoms with E-state index in [0.717, 1.165) is 18.4 Å². The number of rotatable bonds is 9. The van der Waals surface area contributed by atoms with Crippen molar-refractivity contribution < 1.29 is 29.4 Å². The molecule has 10 heteroatoms. The predicted octanol–water partition coefficient (Wildman–Crippen LogP) is 2.92. The van der Waals surface area contributed by atoms with E-state index < -0.39 is 18.0 Å². The van der Waals surface area contributed by atoms with Crippen LogP contribution in [0.1, 0.15) is 53.3 Å². The zero-order chi connectivity index (χ0) is 24.4. The zero-order valence-electron chi connectivity index (χ0n) is 18.8. The summed E-state index contributed by atoms with van der Waals surface area (Å²) >= 11 is 0. The lowest BCUT2D eigenvalue weighted by Gasteiger charge is -2.03. The van der Waals surface area contributed by atoms with E-state index in [1.54, 1.807) is 54.6 Å². The lowest BCUT2D eigenvalue weighted by molar-refractivity contribution is -0.138. The summed E-state index contributed by atoms with van der Waals surface area (Å²) in [6.07, 6.45) is 3.27. The van der Waals surface area contributed by atoms with Gasteiger partial charge >= 0.3 is 11.9 Å². The lowest BCUT2D eigenvalue weighted by Crippen LogP contribution is -2.30. The van der Waals surface area contributed by atoms with Crippen LogP contribution >= 0.6 is 0 Å². The predicted molar refractivity (Wildman–Crippen MR) is 128 cm³/mol. The molecule has 0 bridgehead atoms. The van der Waals surface area contributed by atoms with Crippen LogP contribution in [0.2, 0.25) is 0 Å². The van der Waals surface area contributed by atoms with E-state index in [4.69, 9.17) is 21.7 Å². The Balaban J connectivity index is 0. The standard InChI is InChI=1S/C11H13NO2.C7H6O2.C5H12N2O2.H3N/c1-2-3-11(14)12-10-6-4-9(8-13)5-7-10;8-7(9)6-4-2-1-3-5-6;6-3-1-2-4(7)5(8)9;/h4-8H,2-3H2,1H3,(H,12,14);1-5H,(H,8,9);4H,1-3,6-7H2,(H,8,9);1H3/t;;4-;/m..0./s1. The Morgan fingerprint density at radius 1 is 1.03 bits per heavy atom. The highest BCUT2D eigenvalue weighted by atomic mass is 16.4. The third-order valence-electron chi connectivity index (χ3n) is 3.86. The fourth-order valence-corrected chi connectivity index (χ4v) is 2.14. The van der Waals surface area contributed by atoms with Crippen LogP contribution in [0.15, 0.2) is 54.6 Å². The number of amides is 1. The second-order valence-electron chi connectivity index (χ2n) is 6.58. The van der Waals surface area contributed by atoms with Crippen LogP contribution in [0, 0.1) is 0 Å². The smallest absolute Gasteiger partial charge is 0.335 e. The van der Waals surface area contributed by atoms with Crippen molar-refractivity contribution in [2.45, 2.75) is 38.6 Å². The molecule has 0 aliphatic heterocycles. The van der Waals surface area contributed by atoms with Gasteiger partial charge in [-0.2, -0.15) is 0 Å². The number of carboxylic acid groups (broad SMARTS) is 2. The van der Waals surface area contributed by atoms with Crippen molar-refractivity contribution in [1.82, 2.24) is 6.15 Å². The Morgan fingerprint density at radius 3 is 2.00 bits per heavy atom. The van der Waals surface area contributed by atoms with Crippen molar-refractivity contribution in [2.24, 2.45) is 11.5 Å². The van der Waals surface area contributed by atoms with Gasteiger partial charge in [0.15, 0.2) is 0 Å². The first-order valence-corrected chi connectivity index (χ1v) is 10.1. The summed E-state index contributed by atoms with van der Waals surface area (Å²) in [7, 11) is 0. The molecule has 0 aromatic heterocycles. The largest absolute Gasteiger partial charge is 0.480 e. The molecule has 0 aliphatic rings. The molecule has 0 fully saturated rings. The number of aromatic carboxylic acids is 1. The van der Waals surface area contributed by atoms with Gasteiger partial charge in [0, 0.05) is 17.7 Å². The maximum Gasteiger partial charge on any atom is 0.335 e. The monoisotopic (exact) mass is 462 g/mol. The number of carbonyl (C=O) groups excluding carboxylic acids is 2. The molecule has 0 saturated carbocycles. The van der Waals surface area contributed by atoms with Gasteiger partial charge < -0.3 is 33.1 Å². The molecule has 0 radical (unpaired) electrons. The number of carbonyl (C=O) groups is 4. The topological polar surface area (TPSA) is 208 Å². The van der Waals surface area contributed by atoms with Gasteiger partial charge in [-0.15, -0.1) is 0 Å². The van der Waals surface area contributed by atoms with Crippen LogP contribution in [0.25, 0.3) is 0 Å². The number of hydrogen-bond acceptors (Lipinski definition) is 7. The van der Waals surface area contributed by atoms with Gasteiger partial charge in [0.2, 0.25) is 5.91 Å². The SMILES string of the molecule is CCCC(=O)Nc1ccc(C=O)cc1.N.NCCC[C@H](N)C(=O)O.O=C(O)c1ccccc1. The molecule has 0 aliphatic carbocycles. The summed E-state index contributed by atoms with van der Waals surface area (Å²) in [6.45, 7) is 2.45. The van der Waals surface area contributed by atoms with Crippen LogP contribution < -0.4 is 22.9 Å². The van der Waals surface area contributed by atoms with E-state index in [2.05, 4.69) is 5.32 Å². The Hall–Kier alpha value is -3.60. The normalized spacial score (nSPS) is 10.0. The quantitative estimate of drug-likeness (QED) is 0.302. The molecular weight excluding hydrogens is 428 g/mol. The van der Waals surface area contributed by atoms with Crippen LogP contribution in [0.4, 0.5) is 5.69 Å². The van der Waals surface area contributed by atoms with Gasteiger partial charge in [-0.1, -0.05) is 25.1 Å². The second-order valence-corrected chi connectivity index (χ2v) is 6.58. The van der Waals surface area contributed by atoms with E-state index in [0.29, 0.717) is 36.9 Å². The number of hydrogen-bond donors (Lipinski definition) is 6. The summed E-state index contributed by atoms with van der Waals surface area (Å²) in [5, 5.41) is 19.4. The number of nitrogens with one attached hydrogen (secondary N) is 1. The molecule has 10 N–H and O–H groups in total. The number of benzene rings is 2. The van der Waals surface area contributed by atoms with Crippen LogP contribution in [-0.2, 0) is 9.59 Å². The lowest BCUT2D eigenvalue weighted by atomic mass is 10.2. The highest BCUT2D eigenvalue weighted by molar-refractivity contribution is 5.91. The molecule has 1 amide bonds. The average Bonchev–Trinajstić information content (AvgIpc) is 2.79. The van der Waals surface area contributed by atoms with E-state index in [9.17, 15) is 19.2 Å². The fourth-order valence-electron chi connectivity index (χ4n) is 2.14. The van der Waals surface area contributed by atoms with Gasteiger partial charge in [-0.25, -0.2) is 4.79 Å². The highest BCUT2D eigenvalue weighted by Crippen LogP contribution is 2.08. The minimum absolute atomic E-state index is 0. The summed E-state index contributed by atoms with van der Waals surface area (Å²) in [5.74, 6) is -1.83. The van der Waals surface area contributed by atoms with Crippen molar-refractivity contribution in [2.75, 3.05) is 11.9 Å². The minimum Gasteiger partial charge on any atom is -0.480 e. The van der Waals surface area contributed by atoms with Crippen LogP contribution in [0.5, 0.6) is 0 Å². The van der Waals surface area contributed by atoms with E-state index >= 15 is 0 Å². The van der Waals surface area contributed by atoms with E-state index in [1.165, 1.54) is 0 Å². The molecular formula is C23H34N4O6. The molecule has 2 aromatic rings. The number of carboxylic acids is 2. The summed E-state index contributed by atoms with van der Waals surface area (Å²) in [5.41, 5.74) is 11.9. The van der Waals surface area contributed by atoms with Crippen molar-refractivity contribution >= 4 is 29.8 Å². The van der Waals surface area contributed by atoms with Crippen molar-refractivity contribution in [1.29, 1.82) is 0 Å². The second kappa shape index (κ2) is 19.1. The molecule has 0 saturated heterocycles. The Kier molecular flexibility index (Phi) is 18.3. The molecule has 10 nitrogen and oxygen atoms in total. The molecule has 2 rings (SSSR count). The third kappa shape index (κ3) is 15.8. The maximum absolute atomic E-state index is 11.2. The van der Waals surface area contributed by atoms with Gasteiger partial charge in [0.1, 0.15) is 12.3 Å². The Labute approximate surface area is 193 Å².